The molecule has 1 nitrogen and oxygen atoms in total. The molecule has 0 rings (SSSR count). The van der Waals surface area contributed by atoms with Crippen molar-refractivity contribution in [1.29, 1.82) is 0 Å². The second-order valence-corrected chi connectivity index (χ2v) is 2.32. The SMILES string of the molecule is CC.CCCCCOCCC. The van der Waals surface area contributed by atoms with Crippen molar-refractivity contribution in [2.45, 2.75) is 53.4 Å². The van der Waals surface area contributed by atoms with Gasteiger partial charge in [-0.15, -0.1) is 0 Å². The first-order valence-electron chi connectivity index (χ1n) is 4.99. The van der Waals surface area contributed by atoms with Crippen molar-refractivity contribution in [1.82, 2.24) is 0 Å². The minimum absolute atomic E-state index is 0.934. The molecule has 0 aromatic carbocycles. The second-order valence-electron chi connectivity index (χ2n) is 2.32. The topological polar surface area (TPSA) is 9.23 Å². The van der Waals surface area contributed by atoms with Gasteiger partial charge in [-0.25, -0.2) is 0 Å². The van der Waals surface area contributed by atoms with E-state index in [9.17, 15) is 0 Å². The molecule has 0 amide bonds. The van der Waals surface area contributed by atoms with Crippen LogP contribution >= 0.6 is 0 Å². The summed E-state index contributed by atoms with van der Waals surface area (Å²) in [5.74, 6) is 0. The third-order valence-corrected chi connectivity index (χ3v) is 1.24. The maximum absolute atomic E-state index is 5.28. The highest BCUT2D eigenvalue weighted by Crippen LogP contribution is 1.93. The Morgan fingerprint density at radius 3 is 1.91 bits per heavy atom. The standard InChI is InChI=1S/C8H18O.C2H6/c1-3-5-6-8-9-7-4-2;1-2/h3-8H2,1-2H3;1-2H3. The van der Waals surface area contributed by atoms with Crippen molar-refractivity contribution in [2.24, 2.45) is 0 Å². The Morgan fingerprint density at radius 2 is 1.45 bits per heavy atom. The van der Waals surface area contributed by atoms with Crippen LogP contribution in [0, 0.1) is 0 Å². The molecule has 70 valence electrons. The highest BCUT2D eigenvalue weighted by atomic mass is 16.5. The number of unbranched alkanes of at least 4 members (excludes halogenated alkanes) is 2. The smallest absolute Gasteiger partial charge is 0.0466 e. The van der Waals surface area contributed by atoms with Gasteiger partial charge in [-0.2, -0.15) is 0 Å². The molecule has 0 radical (unpaired) electrons. The third-order valence-electron chi connectivity index (χ3n) is 1.24. The molecular weight excluding hydrogens is 136 g/mol. The van der Waals surface area contributed by atoms with Gasteiger partial charge in [-0.3, -0.25) is 0 Å². The number of ether oxygens (including phenoxy) is 1. The van der Waals surface area contributed by atoms with E-state index < -0.39 is 0 Å². The number of rotatable bonds is 6. The predicted octanol–water partition coefficient (Wildman–Crippen LogP) is 3.63. The highest BCUT2D eigenvalue weighted by molar-refractivity contribution is 4.35. The van der Waals surface area contributed by atoms with Crippen LogP contribution in [0.2, 0.25) is 0 Å². The van der Waals surface area contributed by atoms with Crippen LogP contribution in [0.1, 0.15) is 53.4 Å². The molecular formula is C10H24O. The van der Waals surface area contributed by atoms with E-state index in [-0.39, 0.29) is 0 Å². The van der Waals surface area contributed by atoms with E-state index in [4.69, 9.17) is 4.74 Å². The first kappa shape index (κ1) is 13.5. The van der Waals surface area contributed by atoms with E-state index in [2.05, 4.69) is 13.8 Å². The van der Waals surface area contributed by atoms with Crippen LogP contribution < -0.4 is 0 Å². The molecule has 0 spiro atoms. The van der Waals surface area contributed by atoms with E-state index in [0.29, 0.717) is 0 Å². The van der Waals surface area contributed by atoms with Crippen molar-refractivity contribution in [3.05, 3.63) is 0 Å². The molecule has 0 saturated heterocycles. The monoisotopic (exact) mass is 160 g/mol. The molecule has 0 saturated carbocycles. The van der Waals surface area contributed by atoms with Gasteiger partial charge in [0.05, 0.1) is 0 Å². The van der Waals surface area contributed by atoms with Crippen LogP contribution in [0.4, 0.5) is 0 Å². The summed E-state index contributed by atoms with van der Waals surface area (Å²) in [5, 5.41) is 0. The molecule has 0 N–H and O–H groups in total. The van der Waals surface area contributed by atoms with E-state index in [0.717, 1.165) is 19.6 Å². The van der Waals surface area contributed by atoms with E-state index in [1.54, 1.807) is 0 Å². The first-order valence-corrected chi connectivity index (χ1v) is 4.99. The summed E-state index contributed by atoms with van der Waals surface area (Å²) in [5.41, 5.74) is 0. The normalized spacial score (nSPS) is 8.73. The van der Waals surface area contributed by atoms with Crippen molar-refractivity contribution >= 4 is 0 Å². The molecule has 0 heterocycles. The van der Waals surface area contributed by atoms with Crippen molar-refractivity contribution in [2.75, 3.05) is 13.2 Å². The van der Waals surface area contributed by atoms with E-state index in [1.165, 1.54) is 19.3 Å². The molecule has 11 heavy (non-hydrogen) atoms. The zero-order chi connectivity index (χ0) is 8.95. The molecule has 0 atom stereocenters. The van der Waals surface area contributed by atoms with Crippen LogP contribution in [0.25, 0.3) is 0 Å². The fourth-order valence-corrected chi connectivity index (χ4v) is 0.701. The summed E-state index contributed by atoms with van der Waals surface area (Å²) in [6, 6.07) is 0. The van der Waals surface area contributed by atoms with Gasteiger partial charge in [0.25, 0.3) is 0 Å². The van der Waals surface area contributed by atoms with Crippen LogP contribution in [0.3, 0.4) is 0 Å². The lowest BCUT2D eigenvalue weighted by Gasteiger charge is -1.99. The summed E-state index contributed by atoms with van der Waals surface area (Å²) >= 11 is 0. The fraction of sp³-hybridized carbons (Fsp3) is 1.00. The molecule has 1 heteroatoms. The summed E-state index contributed by atoms with van der Waals surface area (Å²) in [7, 11) is 0. The number of hydrogen-bond donors (Lipinski definition) is 0. The third kappa shape index (κ3) is 17.8. The largest absolute Gasteiger partial charge is 0.381 e. The Labute approximate surface area is 72.1 Å². The van der Waals surface area contributed by atoms with Crippen molar-refractivity contribution in [3.63, 3.8) is 0 Å². The minimum atomic E-state index is 0.934. The van der Waals surface area contributed by atoms with Gasteiger partial charge < -0.3 is 4.74 Å². The fourth-order valence-electron chi connectivity index (χ4n) is 0.701. The molecule has 0 unspecified atom stereocenters. The zero-order valence-electron chi connectivity index (χ0n) is 8.65. The quantitative estimate of drug-likeness (QED) is 0.539. The lowest BCUT2D eigenvalue weighted by Crippen LogP contribution is -1.94. The lowest BCUT2D eigenvalue weighted by atomic mass is 10.3. The van der Waals surface area contributed by atoms with E-state index >= 15 is 0 Å². The average Bonchev–Trinajstić information content (AvgIpc) is 2.08. The second kappa shape index (κ2) is 16.5. The summed E-state index contributed by atoms with van der Waals surface area (Å²) in [4.78, 5) is 0. The van der Waals surface area contributed by atoms with Gasteiger partial charge >= 0.3 is 0 Å². The Balaban J connectivity index is 0. The van der Waals surface area contributed by atoms with E-state index in [1.807, 2.05) is 13.8 Å². The van der Waals surface area contributed by atoms with Gasteiger partial charge in [-0.1, -0.05) is 40.5 Å². The van der Waals surface area contributed by atoms with Crippen LogP contribution in [0.5, 0.6) is 0 Å². The number of hydrogen-bond acceptors (Lipinski definition) is 1. The molecule has 0 fully saturated rings. The Kier molecular flexibility index (Phi) is 20.3. The molecule has 0 aliphatic rings. The zero-order valence-corrected chi connectivity index (χ0v) is 8.65. The Hall–Kier alpha value is -0.0400. The first-order chi connectivity index (χ1) is 5.41. The lowest BCUT2D eigenvalue weighted by molar-refractivity contribution is 0.131. The van der Waals surface area contributed by atoms with Gasteiger partial charge in [0, 0.05) is 13.2 Å². The molecule has 0 bridgehead atoms. The Morgan fingerprint density at radius 1 is 0.818 bits per heavy atom. The predicted molar refractivity (Wildman–Crippen MR) is 52.0 cm³/mol. The average molecular weight is 160 g/mol. The van der Waals surface area contributed by atoms with Crippen molar-refractivity contribution in [3.8, 4) is 0 Å². The van der Waals surface area contributed by atoms with Gasteiger partial charge in [0.1, 0.15) is 0 Å². The van der Waals surface area contributed by atoms with Crippen molar-refractivity contribution < 1.29 is 4.74 Å². The molecule has 0 aromatic rings. The summed E-state index contributed by atoms with van der Waals surface area (Å²) in [6.45, 7) is 10.2. The molecule has 0 aromatic heterocycles. The van der Waals surface area contributed by atoms with Crippen LogP contribution in [-0.4, -0.2) is 13.2 Å². The minimum Gasteiger partial charge on any atom is -0.381 e. The maximum atomic E-state index is 5.28. The molecule has 0 aliphatic carbocycles. The van der Waals surface area contributed by atoms with Gasteiger partial charge in [0.15, 0.2) is 0 Å². The maximum Gasteiger partial charge on any atom is 0.0466 e. The van der Waals surface area contributed by atoms with Gasteiger partial charge in [0.2, 0.25) is 0 Å². The van der Waals surface area contributed by atoms with Gasteiger partial charge in [-0.05, 0) is 12.8 Å². The summed E-state index contributed by atoms with van der Waals surface area (Å²) in [6.07, 6.45) is 4.97. The Bertz CT molecular complexity index is 38.1. The molecule has 0 aliphatic heterocycles. The van der Waals surface area contributed by atoms with Crippen LogP contribution in [0.15, 0.2) is 0 Å². The summed E-state index contributed by atoms with van der Waals surface area (Å²) < 4.78 is 5.28. The van der Waals surface area contributed by atoms with Crippen LogP contribution in [-0.2, 0) is 4.74 Å². The highest BCUT2D eigenvalue weighted by Gasteiger charge is 1.84.